The molecule has 0 saturated carbocycles. The number of halogens is 1. The molecule has 2 aromatic rings. The molecule has 0 fully saturated rings. The van der Waals surface area contributed by atoms with Crippen molar-refractivity contribution in [1.29, 1.82) is 0 Å². The second kappa shape index (κ2) is 3.26. The van der Waals surface area contributed by atoms with Gasteiger partial charge in [-0.3, -0.25) is 0 Å². The van der Waals surface area contributed by atoms with Gasteiger partial charge in [0.2, 0.25) is 0 Å². The van der Waals surface area contributed by atoms with Gasteiger partial charge in [0.1, 0.15) is 0 Å². The fourth-order valence-electron chi connectivity index (χ4n) is 1.10. The first-order valence-corrected chi connectivity index (χ1v) is 4.54. The van der Waals surface area contributed by atoms with Gasteiger partial charge in [-0.25, -0.2) is 4.98 Å². The average molecular weight is 242 g/mol. The third-order valence-corrected chi connectivity index (χ3v) is 2.14. The van der Waals surface area contributed by atoms with Crippen LogP contribution in [0, 0.1) is 0 Å². The van der Waals surface area contributed by atoms with Gasteiger partial charge in [0, 0.05) is 18.0 Å². The van der Waals surface area contributed by atoms with Gasteiger partial charge in [0.05, 0.1) is 12.8 Å². The van der Waals surface area contributed by atoms with E-state index in [9.17, 15) is 0 Å². The van der Waals surface area contributed by atoms with E-state index in [1.807, 2.05) is 16.8 Å². The molecule has 2 heterocycles. The molecule has 2 aromatic heterocycles. The zero-order chi connectivity index (χ0) is 9.26. The van der Waals surface area contributed by atoms with Crippen LogP contribution in [0.1, 0.15) is 5.56 Å². The minimum Gasteiger partial charge on any atom is -0.457 e. The van der Waals surface area contributed by atoms with Crippen molar-refractivity contribution in [2.75, 3.05) is 5.73 Å². The van der Waals surface area contributed by atoms with E-state index < -0.39 is 0 Å². The molecule has 0 amide bonds. The predicted octanol–water partition coefficient (Wildman–Crippen LogP) is 1.87. The fourth-order valence-corrected chi connectivity index (χ4v) is 1.49. The van der Waals surface area contributed by atoms with Crippen molar-refractivity contribution in [3.8, 4) is 0 Å². The highest BCUT2D eigenvalue weighted by Gasteiger charge is 2.02. The van der Waals surface area contributed by atoms with E-state index in [0.29, 0.717) is 12.5 Å². The maximum absolute atomic E-state index is 5.60. The Morgan fingerprint density at radius 1 is 1.62 bits per heavy atom. The molecule has 0 radical (unpaired) electrons. The Morgan fingerprint density at radius 2 is 2.46 bits per heavy atom. The molecule has 5 heteroatoms. The highest BCUT2D eigenvalue weighted by Crippen LogP contribution is 2.15. The fraction of sp³-hybridized carbons (Fsp3) is 0.125. The summed E-state index contributed by atoms with van der Waals surface area (Å²) in [5, 5.41) is 0. The van der Waals surface area contributed by atoms with Crippen molar-refractivity contribution in [3.05, 3.63) is 35.0 Å². The molecule has 0 saturated heterocycles. The predicted molar refractivity (Wildman–Crippen MR) is 52.1 cm³/mol. The van der Waals surface area contributed by atoms with Crippen LogP contribution in [0.5, 0.6) is 0 Å². The maximum Gasteiger partial charge on any atom is 0.200 e. The first-order chi connectivity index (χ1) is 6.25. The van der Waals surface area contributed by atoms with E-state index in [0.717, 1.165) is 10.2 Å². The average Bonchev–Trinajstić information content (AvgIpc) is 2.64. The van der Waals surface area contributed by atoms with Gasteiger partial charge in [0.15, 0.2) is 10.6 Å². The Hall–Kier alpha value is -1.23. The van der Waals surface area contributed by atoms with E-state index in [2.05, 4.69) is 20.9 Å². The number of aromatic nitrogens is 2. The quantitative estimate of drug-likeness (QED) is 0.874. The first kappa shape index (κ1) is 8.37. The Balaban J connectivity index is 2.19. The summed E-state index contributed by atoms with van der Waals surface area (Å²) in [6, 6.07) is 1.90. The number of anilines is 1. The molecule has 2 N–H and O–H groups in total. The Bertz CT molecular complexity index is 407. The third-order valence-electron chi connectivity index (χ3n) is 1.72. The largest absolute Gasteiger partial charge is 0.457 e. The Labute approximate surface area is 83.5 Å². The van der Waals surface area contributed by atoms with Gasteiger partial charge >= 0.3 is 0 Å². The van der Waals surface area contributed by atoms with Crippen molar-refractivity contribution < 1.29 is 4.42 Å². The van der Waals surface area contributed by atoms with Crippen LogP contribution in [0.25, 0.3) is 0 Å². The molecular weight excluding hydrogens is 234 g/mol. The topological polar surface area (TPSA) is 57.0 Å². The van der Waals surface area contributed by atoms with Crippen LogP contribution in [-0.2, 0) is 6.54 Å². The van der Waals surface area contributed by atoms with Gasteiger partial charge in [-0.2, -0.15) is 0 Å². The summed E-state index contributed by atoms with van der Waals surface area (Å²) in [6.07, 6.45) is 5.18. The SMILES string of the molecule is Nc1nccn1Cc1coc(Br)c1. The third kappa shape index (κ3) is 1.75. The molecule has 0 unspecified atom stereocenters. The molecule has 0 aliphatic heterocycles. The molecule has 0 aliphatic rings. The smallest absolute Gasteiger partial charge is 0.200 e. The number of hydrogen-bond acceptors (Lipinski definition) is 3. The maximum atomic E-state index is 5.60. The number of rotatable bonds is 2. The molecule has 0 aromatic carbocycles. The van der Waals surface area contributed by atoms with Gasteiger partial charge in [-0.1, -0.05) is 0 Å². The first-order valence-electron chi connectivity index (χ1n) is 3.75. The minimum atomic E-state index is 0.511. The summed E-state index contributed by atoms with van der Waals surface area (Å²) in [5.74, 6) is 0.511. The molecule has 4 nitrogen and oxygen atoms in total. The molecule has 0 spiro atoms. The number of nitrogens with zero attached hydrogens (tertiary/aromatic N) is 2. The highest BCUT2D eigenvalue weighted by molar-refractivity contribution is 9.10. The summed E-state index contributed by atoms with van der Waals surface area (Å²) >= 11 is 3.23. The van der Waals surface area contributed by atoms with Gasteiger partial charge in [0.25, 0.3) is 0 Å². The lowest BCUT2D eigenvalue weighted by Gasteiger charge is -2.00. The molecular formula is C8H8BrN3O. The van der Waals surface area contributed by atoms with Crippen LogP contribution >= 0.6 is 15.9 Å². The number of hydrogen-bond donors (Lipinski definition) is 1. The Kier molecular flexibility index (Phi) is 2.10. The lowest BCUT2D eigenvalue weighted by molar-refractivity contribution is 0.537. The molecule has 0 atom stereocenters. The monoisotopic (exact) mass is 241 g/mol. The number of imidazole rings is 1. The van der Waals surface area contributed by atoms with E-state index in [1.54, 1.807) is 12.5 Å². The van der Waals surface area contributed by atoms with Crippen LogP contribution in [0.4, 0.5) is 5.95 Å². The summed E-state index contributed by atoms with van der Waals surface area (Å²) in [5.41, 5.74) is 6.66. The summed E-state index contributed by atoms with van der Waals surface area (Å²) in [7, 11) is 0. The van der Waals surface area contributed by atoms with Crippen molar-refractivity contribution in [1.82, 2.24) is 9.55 Å². The van der Waals surface area contributed by atoms with E-state index in [4.69, 9.17) is 10.2 Å². The van der Waals surface area contributed by atoms with Crippen molar-refractivity contribution >= 4 is 21.9 Å². The zero-order valence-electron chi connectivity index (χ0n) is 6.77. The highest BCUT2D eigenvalue weighted by atomic mass is 79.9. The van der Waals surface area contributed by atoms with Crippen molar-refractivity contribution in [2.45, 2.75) is 6.54 Å². The summed E-state index contributed by atoms with van der Waals surface area (Å²) in [4.78, 5) is 3.92. The lowest BCUT2D eigenvalue weighted by atomic mass is 10.3. The van der Waals surface area contributed by atoms with Gasteiger partial charge in [-0.05, 0) is 22.0 Å². The van der Waals surface area contributed by atoms with Crippen LogP contribution in [0.3, 0.4) is 0 Å². The molecule has 13 heavy (non-hydrogen) atoms. The number of furan rings is 1. The van der Waals surface area contributed by atoms with E-state index in [1.165, 1.54) is 0 Å². The molecule has 2 rings (SSSR count). The van der Waals surface area contributed by atoms with Crippen molar-refractivity contribution in [3.63, 3.8) is 0 Å². The van der Waals surface area contributed by atoms with Crippen LogP contribution < -0.4 is 5.73 Å². The molecule has 0 bridgehead atoms. The molecule has 68 valence electrons. The lowest BCUT2D eigenvalue weighted by Crippen LogP contribution is -2.02. The van der Waals surface area contributed by atoms with Gasteiger partial charge in [-0.15, -0.1) is 0 Å². The zero-order valence-corrected chi connectivity index (χ0v) is 8.36. The summed E-state index contributed by atoms with van der Waals surface area (Å²) < 4.78 is 7.66. The number of nitrogen functional groups attached to an aromatic ring is 1. The van der Waals surface area contributed by atoms with E-state index in [-0.39, 0.29) is 0 Å². The Morgan fingerprint density at radius 3 is 3.00 bits per heavy atom. The normalized spacial score (nSPS) is 10.5. The standard InChI is InChI=1S/C8H8BrN3O/c9-7-3-6(5-13-7)4-12-2-1-11-8(12)10/h1-3,5H,4H2,(H2,10,11). The summed E-state index contributed by atoms with van der Waals surface area (Å²) in [6.45, 7) is 0.681. The van der Waals surface area contributed by atoms with Crippen LogP contribution in [0.2, 0.25) is 0 Å². The van der Waals surface area contributed by atoms with Crippen LogP contribution in [0.15, 0.2) is 33.8 Å². The number of nitrogens with two attached hydrogens (primary N) is 1. The van der Waals surface area contributed by atoms with E-state index >= 15 is 0 Å². The second-order valence-electron chi connectivity index (χ2n) is 2.67. The minimum absolute atomic E-state index is 0.511. The van der Waals surface area contributed by atoms with Crippen molar-refractivity contribution in [2.24, 2.45) is 0 Å². The second-order valence-corrected chi connectivity index (χ2v) is 3.45. The van der Waals surface area contributed by atoms with Crippen LogP contribution in [-0.4, -0.2) is 9.55 Å². The van der Waals surface area contributed by atoms with Gasteiger partial charge < -0.3 is 14.7 Å². The molecule has 0 aliphatic carbocycles.